The monoisotopic (exact) mass is 277 g/mol. The zero-order valence-electron chi connectivity index (χ0n) is 10.6. The van der Waals surface area contributed by atoms with Crippen LogP contribution in [0.5, 0.6) is 0 Å². The Morgan fingerprint density at radius 1 is 1.30 bits per heavy atom. The number of nitro groups is 1. The summed E-state index contributed by atoms with van der Waals surface area (Å²) in [7, 11) is 0. The van der Waals surface area contributed by atoms with E-state index in [-0.39, 0.29) is 16.8 Å². The zero-order chi connectivity index (χ0) is 14.9. The number of benzene rings is 1. The average molecular weight is 277 g/mol. The Morgan fingerprint density at radius 2 is 1.95 bits per heavy atom. The van der Waals surface area contributed by atoms with Crippen LogP contribution in [0.1, 0.15) is 27.6 Å². The molecule has 0 atom stereocenters. The lowest BCUT2D eigenvalue weighted by atomic mass is 10.1. The number of carbonyl (C=O) groups is 3. The molecule has 0 saturated carbocycles. The number of nitrogens with zero attached hydrogens (tertiary/aromatic N) is 2. The normalized spacial score (nSPS) is 13.3. The minimum absolute atomic E-state index is 0.0477. The van der Waals surface area contributed by atoms with Crippen molar-refractivity contribution in [3.05, 3.63) is 39.4 Å². The van der Waals surface area contributed by atoms with E-state index in [4.69, 9.17) is 0 Å². The molecule has 0 spiro atoms. The summed E-state index contributed by atoms with van der Waals surface area (Å²) in [5.74, 6) is -1.78. The number of hydrogen-bond donors (Lipinski definition) is 1. The van der Waals surface area contributed by atoms with Gasteiger partial charge in [-0.15, -0.1) is 0 Å². The standard InChI is InChI=1S/C12H11N3O5/c1-2-13-10(16)6-14-11(17)8-4-3-7(15(19)20)5-9(8)12(14)18/h3-5H,2,6H2,1H3,(H,13,16). The quantitative estimate of drug-likeness (QED) is 0.484. The van der Waals surface area contributed by atoms with Crippen molar-refractivity contribution in [3.63, 3.8) is 0 Å². The molecule has 0 saturated heterocycles. The van der Waals surface area contributed by atoms with Crippen molar-refractivity contribution in [3.8, 4) is 0 Å². The summed E-state index contributed by atoms with van der Waals surface area (Å²) < 4.78 is 0. The van der Waals surface area contributed by atoms with Crippen LogP contribution in [-0.2, 0) is 4.79 Å². The van der Waals surface area contributed by atoms with Crippen molar-refractivity contribution >= 4 is 23.4 Å². The first-order valence-electron chi connectivity index (χ1n) is 5.87. The first kappa shape index (κ1) is 13.7. The number of amides is 3. The molecule has 1 aromatic carbocycles. The maximum atomic E-state index is 12.0. The summed E-state index contributed by atoms with van der Waals surface area (Å²) in [6.07, 6.45) is 0. The minimum atomic E-state index is -0.694. The molecule has 0 unspecified atom stereocenters. The lowest BCUT2D eigenvalue weighted by Gasteiger charge is -2.12. The number of imide groups is 1. The highest BCUT2D eigenvalue weighted by Crippen LogP contribution is 2.26. The van der Waals surface area contributed by atoms with E-state index >= 15 is 0 Å². The third-order valence-corrected chi connectivity index (χ3v) is 2.84. The van der Waals surface area contributed by atoms with Crippen LogP contribution in [0.25, 0.3) is 0 Å². The Hall–Kier alpha value is -2.77. The summed E-state index contributed by atoms with van der Waals surface area (Å²) in [6, 6.07) is 3.43. The van der Waals surface area contributed by atoms with Crippen molar-refractivity contribution in [2.24, 2.45) is 0 Å². The molecule has 1 aliphatic rings. The van der Waals surface area contributed by atoms with Crippen molar-refractivity contribution in [2.75, 3.05) is 13.1 Å². The van der Waals surface area contributed by atoms with E-state index in [1.807, 2.05) is 0 Å². The maximum absolute atomic E-state index is 12.0. The van der Waals surface area contributed by atoms with Crippen LogP contribution in [-0.4, -0.2) is 40.6 Å². The number of non-ortho nitro benzene ring substituents is 1. The van der Waals surface area contributed by atoms with Gasteiger partial charge in [0.05, 0.1) is 16.1 Å². The molecule has 8 nitrogen and oxygen atoms in total. The van der Waals surface area contributed by atoms with Gasteiger partial charge < -0.3 is 5.32 Å². The van der Waals surface area contributed by atoms with E-state index < -0.39 is 29.2 Å². The molecule has 0 aliphatic carbocycles. The molecule has 0 bridgehead atoms. The largest absolute Gasteiger partial charge is 0.355 e. The van der Waals surface area contributed by atoms with Gasteiger partial charge in [-0.25, -0.2) is 0 Å². The van der Waals surface area contributed by atoms with Gasteiger partial charge in [0.2, 0.25) is 5.91 Å². The molecule has 20 heavy (non-hydrogen) atoms. The van der Waals surface area contributed by atoms with Crippen molar-refractivity contribution in [2.45, 2.75) is 6.92 Å². The van der Waals surface area contributed by atoms with Gasteiger partial charge in [-0.05, 0) is 13.0 Å². The predicted molar refractivity (Wildman–Crippen MR) is 67.1 cm³/mol. The average Bonchev–Trinajstić information content (AvgIpc) is 2.64. The summed E-state index contributed by atoms with van der Waals surface area (Å²) in [5, 5.41) is 13.1. The lowest BCUT2D eigenvalue weighted by molar-refractivity contribution is -0.384. The van der Waals surface area contributed by atoms with Crippen molar-refractivity contribution in [1.82, 2.24) is 10.2 Å². The van der Waals surface area contributed by atoms with E-state index in [2.05, 4.69) is 5.32 Å². The Balaban J connectivity index is 2.30. The number of fused-ring (bicyclic) bond motifs is 1. The Bertz CT molecular complexity index is 626. The Kier molecular flexibility index (Phi) is 3.47. The number of nitro benzene ring substituents is 1. The summed E-state index contributed by atoms with van der Waals surface area (Å²) >= 11 is 0. The molecule has 2 rings (SSSR count). The van der Waals surface area contributed by atoms with Crippen LogP contribution in [0.4, 0.5) is 5.69 Å². The number of nitrogens with one attached hydrogen (secondary N) is 1. The second-order valence-corrected chi connectivity index (χ2v) is 4.14. The fourth-order valence-corrected chi connectivity index (χ4v) is 1.93. The number of likely N-dealkylation sites (N-methyl/N-ethyl adjacent to an activating group) is 1. The smallest absolute Gasteiger partial charge is 0.270 e. The highest BCUT2D eigenvalue weighted by atomic mass is 16.6. The van der Waals surface area contributed by atoms with Gasteiger partial charge in [0.1, 0.15) is 6.54 Å². The fraction of sp³-hybridized carbons (Fsp3) is 0.250. The predicted octanol–water partition coefficient (Wildman–Crippen LogP) is 0.327. The third-order valence-electron chi connectivity index (χ3n) is 2.84. The van der Waals surface area contributed by atoms with Crippen LogP contribution in [0, 0.1) is 10.1 Å². The maximum Gasteiger partial charge on any atom is 0.270 e. The molecule has 1 aliphatic heterocycles. The van der Waals surface area contributed by atoms with Gasteiger partial charge >= 0.3 is 0 Å². The van der Waals surface area contributed by atoms with E-state index in [1.165, 1.54) is 6.07 Å². The summed E-state index contributed by atoms with van der Waals surface area (Å²) in [5.41, 5.74) is -0.247. The van der Waals surface area contributed by atoms with E-state index in [1.54, 1.807) is 6.92 Å². The first-order valence-corrected chi connectivity index (χ1v) is 5.87. The van der Waals surface area contributed by atoms with Crippen LogP contribution in [0.2, 0.25) is 0 Å². The summed E-state index contributed by atoms with van der Waals surface area (Å²) in [4.78, 5) is 46.3. The second-order valence-electron chi connectivity index (χ2n) is 4.14. The van der Waals surface area contributed by atoms with E-state index in [0.29, 0.717) is 6.54 Å². The van der Waals surface area contributed by atoms with Crippen molar-refractivity contribution < 1.29 is 19.3 Å². The van der Waals surface area contributed by atoms with Gasteiger partial charge in [-0.2, -0.15) is 0 Å². The molecule has 1 aromatic rings. The highest BCUT2D eigenvalue weighted by molar-refractivity contribution is 6.22. The van der Waals surface area contributed by atoms with Crippen LogP contribution in [0.15, 0.2) is 18.2 Å². The third kappa shape index (κ3) is 2.22. The first-order chi connectivity index (χ1) is 9.45. The molecular weight excluding hydrogens is 266 g/mol. The zero-order valence-corrected chi connectivity index (χ0v) is 10.6. The molecule has 1 heterocycles. The molecule has 0 fully saturated rings. The molecule has 104 valence electrons. The number of rotatable bonds is 4. The Labute approximate surface area is 113 Å². The highest BCUT2D eigenvalue weighted by Gasteiger charge is 2.37. The van der Waals surface area contributed by atoms with Crippen molar-refractivity contribution in [1.29, 1.82) is 0 Å². The molecular formula is C12H11N3O5. The van der Waals surface area contributed by atoms with Gasteiger partial charge in [-0.1, -0.05) is 0 Å². The number of hydrogen-bond acceptors (Lipinski definition) is 5. The van der Waals surface area contributed by atoms with Crippen LogP contribution in [0.3, 0.4) is 0 Å². The number of carbonyl (C=O) groups excluding carboxylic acids is 3. The van der Waals surface area contributed by atoms with Crippen LogP contribution < -0.4 is 5.32 Å². The van der Waals surface area contributed by atoms with Gasteiger partial charge in [0, 0.05) is 18.7 Å². The van der Waals surface area contributed by atoms with Gasteiger partial charge in [0.15, 0.2) is 0 Å². The second kappa shape index (κ2) is 5.08. The van der Waals surface area contributed by atoms with E-state index in [9.17, 15) is 24.5 Å². The van der Waals surface area contributed by atoms with Crippen LogP contribution >= 0.6 is 0 Å². The van der Waals surface area contributed by atoms with Gasteiger partial charge in [-0.3, -0.25) is 29.4 Å². The fourth-order valence-electron chi connectivity index (χ4n) is 1.93. The molecule has 8 heteroatoms. The lowest BCUT2D eigenvalue weighted by Crippen LogP contribution is -2.40. The minimum Gasteiger partial charge on any atom is -0.355 e. The molecule has 0 radical (unpaired) electrons. The molecule has 0 aromatic heterocycles. The summed E-state index contributed by atoms with van der Waals surface area (Å²) in [6.45, 7) is 1.70. The molecule has 1 N–H and O–H groups in total. The molecule has 3 amide bonds. The van der Waals surface area contributed by atoms with E-state index in [0.717, 1.165) is 17.0 Å². The Morgan fingerprint density at radius 3 is 2.55 bits per heavy atom. The topological polar surface area (TPSA) is 110 Å². The van der Waals surface area contributed by atoms with Gasteiger partial charge in [0.25, 0.3) is 17.5 Å². The SMILES string of the molecule is CCNC(=O)CN1C(=O)c2ccc([N+](=O)[O-])cc2C1=O.